The van der Waals surface area contributed by atoms with E-state index >= 15 is 0 Å². The van der Waals surface area contributed by atoms with Crippen LogP contribution in [-0.4, -0.2) is 11.1 Å². The number of aliphatic carboxylic acids is 1. The summed E-state index contributed by atoms with van der Waals surface area (Å²) in [7, 11) is 0. The SMILES string of the molecule is CC(C(=O)O)c1ccc2cc(Br)ccc2c1. The topological polar surface area (TPSA) is 37.3 Å². The molecular weight excluding hydrogens is 268 g/mol. The van der Waals surface area contributed by atoms with Crippen LogP contribution in [0.3, 0.4) is 0 Å². The fourth-order valence-corrected chi connectivity index (χ4v) is 2.03. The first-order chi connectivity index (χ1) is 7.58. The lowest BCUT2D eigenvalue weighted by Gasteiger charge is -2.08. The van der Waals surface area contributed by atoms with Gasteiger partial charge in [-0.1, -0.05) is 40.2 Å². The highest BCUT2D eigenvalue weighted by Crippen LogP contribution is 2.24. The first kappa shape index (κ1) is 11.1. The molecule has 0 aliphatic heterocycles. The molecule has 1 N–H and O–H groups in total. The molecular formula is C13H11BrO2. The van der Waals surface area contributed by atoms with E-state index in [1.165, 1.54) is 0 Å². The molecule has 0 radical (unpaired) electrons. The normalized spacial score (nSPS) is 12.6. The summed E-state index contributed by atoms with van der Waals surface area (Å²) in [5.74, 6) is -1.26. The number of benzene rings is 2. The maximum atomic E-state index is 10.9. The third-order valence-electron chi connectivity index (χ3n) is 2.70. The third-order valence-corrected chi connectivity index (χ3v) is 3.19. The largest absolute Gasteiger partial charge is 0.481 e. The molecule has 0 saturated heterocycles. The fraction of sp³-hybridized carbons (Fsp3) is 0.154. The Balaban J connectivity index is 2.52. The summed E-state index contributed by atoms with van der Waals surface area (Å²) >= 11 is 3.41. The van der Waals surface area contributed by atoms with Crippen molar-refractivity contribution in [2.24, 2.45) is 0 Å². The van der Waals surface area contributed by atoms with Gasteiger partial charge in [-0.25, -0.2) is 0 Å². The minimum absolute atomic E-state index is 0.465. The number of halogens is 1. The zero-order chi connectivity index (χ0) is 11.7. The van der Waals surface area contributed by atoms with Crippen molar-refractivity contribution in [3.8, 4) is 0 Å². The zero-order valence-corrected chi connectivity index (χ0v) is 10.4. The van der Waals surface area contributed by atoms with Gasteiger partial charge in [0.1, 0.15) is 0 Å². The summed E-state index contributed by atoms with van der Waals surface area (Å²) in [6, 6.07) is 11.7. The Kier molecular flexibility index (Phi) is 2.97. The van der Waals surface area contributed by atoms with Crippen molar-refractivity contribution in [3.63, 3.8) is 0 Å². The summed E-state index contributed by atoms with van der Waals surface area (Å²) in [6.45, 7) is 1.70. The highest BCUT2D eigenvalue weighted by atomic mass is 79.9. The van der Waals surface area contributed by atoms with Crippen molar-refractivity contribution in [3.05, 3.63) is 46.4 Å². The number of carboxylic acids is 1. The van der Waals surface area contributed by atoms with Crippen LogP contribution >= 0.6 is 15.9 Å². The van der Waals surface area contributed by atoms with Gasteiger partial charge in [0, 0.05) is 4.47 Å². The van der Waals surface area contributed by atoms with Gasteiger partial charge < -0.3 is 5.11 Å². The summed E-state index contributed by atoms with van der Waals surface area (Å²) in [5.41, 5.74) is 0.835. The third kappa shape index (κ3) is 2.09. The second kappa shape index (κ2) is 4.26. The number of rotatable bonds is 2. The molecule has 0 spiro atoms. The van der Waals surface area contributed by atoms with Crippen molar-refractivity contribution in [1.29, 1.82) is 0 Å². The quantitative estimate of drug-likeness (QED) is 0.908. The molecule has 1 unspecified atom stereocenters. The summed E-state index contributed by atoms with van der Waals surface area (Å²) in [5, 5.41) is 11.1. The summed E-state index contributed by atoms with van der Waals surface area (Å²) < 4.78 is 1.03. The van der Waals surface area contributed by atoms with Crippen molar-refractivity contribution in [1.82, 2.24) is 0 Å². The van der Waals surface area contributed by atoms with Gasteiger partial charge in [0.05, 0.1) is 5.92 Å². The summed E-state index contributed by atoms with van der Waals surface area (Å²) in [6.07, 6.45) is 0. The van der Waals surface area contributed by atoms with E-state index in [0.717, 1.165) is 20.8 Å². The Morgan fingerprint density at radius 3 is 2.50 bits per heavy atom. The summed E-state index contributed by atoms with van der Waals surface area (Å²) in [4.78, 5) is 10.9. The molecule has 16 heavy (non-hydrogen) atoms. The van der Waals surface area contributed by atoms with Gasteiger partial charge in [-0.05, 0) is 35.4 Å². The van der Waals surface area contributed by atoms with Crippen molar-refractivity contribution < 1.29 is 9.90 Å². The molecule has 1 atom stereocenters. The van der Waals surface area contributed by atoms with Crippen LogP contribution in [0.1, 0.15) is 18.4 Å². The lowest BCUT2D eigenvalue weighted by Crippen LogP contribution is -2.06. The molecule has 0 aliphatic rings. The Bertz CT molecular complexity index is 549. The van der Waals surface area contributed by atoms with Crippen LogP contribution in [-0.2, 0) is 4.79 Å². The van der Waals surface area contributed by atoms with Gasteiger partial charge in [-0.3, -0.25) is 4.79 Å². The zero-order valence-electron chi connectivity index (χ0n) is 8.77. The Hall–Kier alpha value is -1.35. The van der Waals surface area contributed by atoms with Crippen LogP contribution in [0.4, 0.5) is 0 Å². The molecule has 0 aromatic heterocycles. The predicted molar refractivity (Wildman–Crippen MR) is 67.7 cm³/mol. The van der Waals surface area contributed by atoms with E-state index in [1.807, 2.05) is 36.4 Å². The van der Waals surface area contributed by atoms with Gasteiger partial charge in [-0.2, -0.15) is 0 Å². The number of carbonyl (C=O) groups is 1. The standard InChI is InChI=1S/C13H11BrO2/c1-8(13(15)16)9-2-3-11-7-12(14)5-4-10(11)6-9/h2-8H,1H3,(H,15,16). The van der Waals surface area contributed by atoms with Crippen LogP contribution in [0.15, 0.2) is 40.9 Å². The number of fused-ring (bicyclic) bond motifs is 1. The predicted octanol–water partition coefficient (Wildman–Crippen LogP) is 3.79. The molecule has 3 heteroatoms. The average Bonchev–Trinajstić information content (AvgIpc) is 2.27. The molecule has 2 rings (SSSR count). The molecule has 0 aliphatic carbocycles. The fourth-order valence-electron chi connectivity index (χ4n) is 1.65. The van der Waals surface area contributed by atoms with Gasteiger partial charge in [0.2, 0.25) is 0 Å². The van der Waals surface area contributed by atoms with Gasteiger partial charge in [0.15, 0.2) is 0 Å². The first-order valence-corrected chi connectivity index (χ1v) is 5.79. The van der Waals surface area contributed by atoms with Crippen LogP contribution in [0, 0.1) is 0 Å². The van der Waals surface area contributed by atoms with Crippen molar-refractivity contribution in [2.45, 2.75) is 12.8 Å². The Morgan fingerprint density at radius 2 is 1.81 bits per heavy atom. The Labute approximate surface area is 102 Å². The van der Waals surface area contributed by atoms with Gasteiger partial charge >= 0.3 is 5.97 Å². The van der Waals surface area contributed by atoms with Crippen molar-refractivity contribution in [2.75, 3.05) is 0 Å². The highest BCUT2D eigenvalue weighted by molar-refractivity contribution is 9.10. The second-order valence-corrected chi connectivity index (χ2v) is 4.73. The molecule has 0 bridgehead atoms. The van der Waals surface area contributed by atoms with Crippen LogP contribution in [0.5, 0.6) is 0 Å². The minimum Gasteiger partial charge on any atom is -0.481 e. The van der Waals surface area contributed by atoms with E-state index in [9.17, 15) is 4.79 Å². The van der Waals surface area contributed by atoms with E-state index in [-0.39, 0.29) is 0 Å². The van der Waals surface area contributed by atoms with Crippen LogP contribution in [0.2, 0.25) is 0 Å². The van der Waals surface area contributed by atoms with Gasteiger partial charge in [-0.15, -0.1) is 0 Å². The van der Waals surface area contributed by atoms with E-state index < -0.39 is 11.9 Å². The maximum absolute atomic E-state index is 10.9. The van der Waals surface area contributed by atoms with E-state index in [4.69, 9.17) is 5.11 Å². The van der Waals surface area contributed by atoms with Crippen LogP contribution < -0.4 is 0 Å². The maximum Gasteiger partial charge on any atom is 0.310 e. The van der Waals surface area contributed by atoms with E-state index in [1.54, 1.807) is 6.92 Å². The number of hydrogen-bond acceptors (Lipinski definition) is 1. The van der Waals surface area contributed by atoms with Gasteiger partial charge in [0.25, 0.3) is 0 Å². The minimum atomic E-state index is -0.795. The average molecular weight is 279 g/mol. The molecule has 0 amide bonds. The lowest BCUT2D eigenvalue weighted by atomic mass is 9.98. The molecule has 0 fully saturated rings. The van der Waals surface area contributed by atoms with Crippen LogP contribution in [0.25, 0.3) is 10.8 Å². The molecule has 0 heterocycles. The molecule has 82 valence electrons. The van der Waals surface area contributed by atoms with E-state index in [2.05, 4.69) is 15.9 Å². The lowest BCUT2D eigenvalue weighted by molar-refractivity contribution is -0.138. The van der Waals surface area contributed by atoms with Crippen molar-refractivity contribution >= 4 is 32.7 Å². The Morgan fingerprint density at radius 1 is 1.19 bits per heavy atom. The second-order valence-electron chi connectivity index (χ2n) is 3.81. The monoisotopic (exact) mass is 278 g/mol. The van der Waals surface area contributed by atoms with E-state index in [0.29, 0.717) is 0 Å². The molecule has 2 aromatic rings. The molecule has 2 aromatic carbocycles. The smallest absolute Gasteiger partial charge is 0.310 e. The highest BCUT2D eigenvalue weighted by Gasteiger charge is 2.13. The molecule has 2 nitrogen and oxygen atoms in total. The number of hydrogen-bond donors (Lipinski definition) is 1. The number of carboxylic acid groups (broad SMARTS) is 1. The first-order valence-electron chi connectivity index (χ1n) is 5.00. The molecule has 0 saturated carbocycles.